The van der Waals surface area contributed by atoms with Gasteiger partial charge in [0, 0.05) is 17.5 Å². The zero-order chi connectivity index (χ0) is 23.7. The molecule has 4 aromatic rings. The van der Waals surface area contributed by atoms with Gasteiger partial charge < -0.3 is 10.6 Å². The number of thiazole rings is 1. The molecule has 1 fully saturated rings. The monoisotopic (exact) mass is 470 g/mol. The molecule has 3 aromatic carbocycles. The first-order valence-electron chi connectivity index (χ1n) is 10.8. The SMILES string of the molecule is C[C@]1(c2ccc3ccccc3c2)NC(=O)N(CC(=O)Nc2ncc(Cc3ccccc3)s2)C1=O. The van der Waals surface area contributed by atoms with Crippen molar-refractivity contribution >= 4 is 45.1 Å². The Morgan fingerprint density at radius 3 is 2.56 bits per heavy atom. The Labute approximate surface area is 200 Å². The van der Waals surface area contributed by atoms with Crippen LogP contribution in [-0.2, 0) is 21.5 Å². The Balaban J connectivity index is 1.27. The third-order valence-electron chi connectivity index (χ3n) is 5.92. The number of rotatable bonds is 6. The van der Waals surface area contributed by atoms with Crippen LogP contribution in [0.25, 0.3) is 10.8 Å². The van der Waals surface area contributed by atoms with E-state index in [0.717, 1.165) is 26.1 Å². The average molecular weight is 471 g/mol. The maximum atomic E-state index is 13.2. The van der Waals surface area contributed by atoms with Crippen molar-refractivity contribution in [3.05, 3.63) is 95.0 Å². The number of imide groups is 1. The first kappa shape index (κ1) is 21.8. The van der Waals surface area contributed by atoms with Crippen molar-refractivity contribution < 1.29 is 14.4 Å². The molecule has 1 aliphatic heterocycles. The molecule has 1 aliphatic rings. The van der Waals surface area contributed by atoms with E-state index >= 15 is 0 Å². The first-order chi connectivity index (χ1) is 16.4. The van der Waals surface area contributed by atoms with Gasteiger partial charge in [0.2, 0.25) is 5.91 Å². The summed E-state index contributed by atoms with van der Waals surface area (Å²) < 4.78 is 0. The number of aromatic nitrogens is 1. The van der Waals surface area contributed by atoms with Gasteiger partial charge >= 0.3 is 6.03 Å². The van der Waals surface area contributed by atoms with Gasteiger partial charge in [0.1, 0.15) is 12.1 Å². The Morgan fingerprint density at radius 1 is 1.03 bits per heavy atom. The van der Waals surface area contributed by atoms with Crippen LogP contribution in [0.3, 0.4) is 0 Å². The number of benzene rings is 3. The van der Waals surface area contributed by atoms with Crippen LogP contribution in [0.2, 0.25) is 0 Å². The minimum absolute atomic E-state index is 0.387. The third kappa shape index (κ3) is 4.15. The lowest BCUT2D eigenvalue weighted by Crippen LogP contribution is -2.42. The molecule has 170 valence electrons. The Kier molecular flexibility index (Phi) is 5.59. The number of amides is 4. The van der Waals surface area contributed by atoms with Crippen molar-refractivity contribution in [3.63, 3.8) is 0 Å². The molecule has 8 heteroatoms. The van der Waals surface area contributed by atoms with Gasteiger partial charge in [0.15, 0.2) is 5.13 Å². The van der Waals surface area contributed by atoms with E-state index in [2.05, 4.69) is 15.6 Å². The molecular formula is C26H22N4O3S. The van der Waals surface area contributed by atoms with E-state index in [9.17, 15) is 14.4 Å². The fraction of sp³-hybridized carbons (Fsp3) is 0.154. The van der Waals surface area contributed by atoms with Gasteiger partial charge in [-0.25, -0.2) is 9.78 Å². The molecule has 0 bridgehead atoms. The van der Waals surface area contributed by atoms with Crippen molar-refractivity contribution in [2.24, 2.45) is 0 Å². The minimum atomic E-state index is -1.24. The number of hydrogen-bond acceptors (Lipinski definition) is 5. The average Bonchev–Trinajstić information content (AvgIpc) is 3.36. The summed E-state index contributed by atoms with van der Waals surface area (Å²) in [5.74, 6) is -0.946. The number of nitrogens with zero attached hydrogens (tertiary/aromatic N) is 2. The molecule has 0 radical (unpaired) electrons. The Morgan fingerprint density at radius 2 is 1.76 bits per heavy atom. The first-order valence-corrected chi connectivity index (χ1v) is 11.7. The number of fused-ring (bicyclic) bond motifs is 1. The van der Waals surface area contributed by atoms with E-state index in [1.54, 1.807) is 13.1 Å². The number of nitrogens with one attached hydrogen (secondary N) is 2. The second-order valence-corrected chi connectivity index (χ2v) is 9.47. The van der Waals surface area contributed by atoms with Crippen molar-refractivity contribution in [3.8, 4) is 0 Å². The molecule has 2 heterocycles. The Bertz CT molecular complexity index is 1400. The van der Waals surface area contributed by atoms with E-state index in [1.807, 2.05) is 72.8 Å². The number of carbonyl (C=O) groups is 3. The van der Waals surface area contributed by atoms with E-state index in [1.165, 1.54) is 11.3 Å². The van der Waals surface area contributed by atoms with E-state index < -0.39 is 23.4 Å². The summed E-state index contributed by atoms with van der Waals surface area (Å²) in [6, 6.07) is 22.8. The quantitative estimate of drug-likeness (QED) is 0.411. The largest absolute Gasteiger partial charge is 0.325 e. The number of urea groups is 1. The van der Waals surface area contributed by atoms with Gasteiger partial charge in [0.05, 0.1) is 0 Å². The van der Waals surface area contributed by atoms with Gasteiger partial charge in [-0.2, -0.15) is 0 Å². The van der Waals surface area contributed by atoms with Crippen molar-refractivity contribution in [1.82, 2.24) is 15.2 Å². The maximum Gasteiger partial charge on any atom is 0.325 e. The molecule has 0 spiro atoms. The van der Waals surface area contributed by atoms with Crippen LogP contribution < -0.4 is 10.6 Å². The van der Waals surface area contributed by atoms with Crippen LogP contribution in [-0.4, -0.2) is 34.3 Å². The molecule has 34 heavy (non-hydrogen) atoms. The van der Waals surface area contributed by atoms with Crippen LogP contribution in [0.5, 0.6) is 0 Å². The molecule has 1 atom stereocenters. The van der Waals surface area contributed by atoms with E-state index in [0.29, 0.717) is 17.1 Å². The van der Waals surface area contributed by atoms with Gasteiger partial charge in [0.25, 0.3) is 5.91 Å². The molecule has 0 unspecified atom stereocenters. The van der Waals surface area contributed by atoms with Crippen LogP contribution >= 0.6 is 11.3 Å². The number of hydrogen-bond donors (Lipinski definition) is 2. The van der Waals surface area contributed by atoms with Crippen LogP contribution in [0.4, 0.5) is 9.93 Å². The fourth-order valence-corrected chi connectivity index (χ4v) is 4.95. The molecular weight excluding hydrogens is 448 g/mol. The molecule has 2 N–H and O–H groups in total. The maximum absolute atomic E-state index is 13.2. The summed E-state index contributed by atoms with van der Waals surface area (Å²) in [7, 11) is 0. The topological polar surface area (TPSA) is 91.4 Å². The number of carbonyl (C=O) groups excluding carboxylic acids is 3. The normalized spacial score (nSPS) is 17.7. The summed E-state index contributed by atoms with van der Waals surface area (Å²) in [5, 5.41) is 7.90. The van der Waals surface area contributed by atoms with Crippen LogP contribution in [0.1, 0.15) is 22.9 Å². The molecule has 4 amide bonds. The van der Waals surface area contributed by atoms with E-state index in [4.69, 9.17) is 0 Å². The van der Waals surface area contributed by atoms with Crippen molar-refractivity contribution in [1.29, 1.82) is 0 Å². The van der Waals surface area contributed by atoms with E-state index in [-0.39, 0.29) is 6.54 Å². The summed E-state index contributed by atoms with van der Waals surface area (Å²) >= 11 is 1.37. The predicted molar refractivity (Wildman–Crippen MR) is 132 cm³/mol. The lowest BCUT2D eigenvalue weighted by atomic mass is 9.90. The lowest BCUT2D eigenvalue weighted by molar-refractivity contribution is -0.133. The molecule has 5 rings (SSSR count). The highest BCUT2D eigenvalue weighted by Gasteiger charge is 2.49. The van der Waals surface area contributed by atoms with Gasteiger partial charge in [-0.15, -0.1) is 11.3 Å². The standard InChI is InChI=1S/C26H22N4O3S/c1-26(20-12-11-18-9-5-6-10-19(18)14-20)23(32)30(25(33)29-26)16-22(31)28-24-27-15-21(34-24)13-17-7-3-2-4-8-17/h2-12,14-15H,13,16H2,1H3,(H,29,33)(H,27,28,31)/t26-/m1/s1. The van der Waals surface area contributed by atoms with Gasteiger partial charge in [-0.1, -0.05) is 66.7 Å². The summed E-state index contributed by atoms with van der Waals surface area (Å²) in [6.45, 7) is 1.27. The third-order valence-corrected chi connectivity index (χ3v) is 6.84. The smallest absolute Gasteiger partial charge is 0.319 e. The number of anilines is 1. The second kappa shape index (κ2) is 8.72. The Hall–Kier alpha value is -4.04. The highest BCUT2D eigenvalue weighted by molar-refractivity contribution is 7.15. The van der Waals surface area contributed by atoms with Crippen molar-refractivity contribution in [2.75, 3.05) is 11.9 Å². The summed E-state index contributed by atoms with van der Waals surface area (Å²) in [4.78, 5) is 44.7. The van der Waals surface area contributed by atoms with Crippen LogP contribution in [0.15, 0.2) is 79.0 Å². The molecule has 0 aliphatic carbocycles. The second-order valence-electron chi connectivity index (χ2n) is 8.35. The van der Waals surface area contributed by atoms with Gasteiger partial charge in [-0.3, -0.25) is 14.5 Å². The highest BCUT2D eigenvalue weighted by atomic mass is 32.1. The summed E-state index contributed by atoms with van der Waals surface area (Å²) in [5.41, 5.74) is 0.570. The van der Waals surface area contributed by atoms with Crippen molar-refractivity contribution in [2.45, 2.75) is 18.9 Å². The zero-order valence-corrected chi connectivity index (χ0v) is 19.3. The summed E-state index contributed by atoms with van der Waals surface area (Å²) in [6.07, 6.45) is 2.43. The zero-order valence-electron chi connectivity index (χ0n) is 18.4. The van der Waals surface area contributed by atoms with Gasteiger partial charge in [-0.05, 0) is 34.9 Å². The fourth-order valence-electron chi connectivity index (χ4n) is 4.08. The predicted octanol–water partition coefficient (Wildman–Crippen LogP) is 4.29. The highest BCUT2D eigenvalue weighted by Crippen LogP contribution is 2.31. The molecule has 0 saturated carbocycles. The molecule has 7 nitrogen and oxygen atoms in total. The molecule has 1 saturated heterocycles. The lowest BCUT2D eigenvalue weighted by Gasteiger charge is -2.22. The minimum Gasteiger partial charge on any atom is -0.319 e. The molecule has 1 aromatic heterocycles. The van der Waals surface area contributed by atoms with Crippen LogP contribution in [0, 0.1) is 0 Å².